The van der Waals surface area contributed by atoms with Gasteiger partial charge in [-0.25, -0.2) is 9.13 Å². The van der Waals surface area contributed by atoms with E-state index in [9.17, 15) is 43.2 Å². The summed E-state index contributed by atoms with van der Waals surface area (Å²) in [7, 11) is -9.92. The van der Waals surface area contributed by atoms with Crippen LogP contribution in [-0.2, 0) is 65.4 Å². The van der Waals surface area contributed by atoms with Crippen molar-refractivity contribution in [2.75, 3.05) is 39.6 Å². The van der Waals surface area contributed by atoms with Gasteiger partial charge in [0, 0.05) is 25.7 Å². The van der Waals surface area contributed by atoms with Crippen molar-refractivity contribution in [1.82, 2.24) is 0 Å². The maximum Gasteiger partial charge on any atom is 0.472 e. The quantitative estimate of drug-likeness (QED) is 0.0222. The number of hydrogen-bond donors (Lipinski definition) is 3. The summed E-state index contributed by atoms with van der Waals surface area (Å²) in [5.74, 6) is 0.170. The first-order chi connectivity index (χ1) is 47.7. The number of aliphatic hydroxyl groups is 1. The fourth-order valence-electron chi connectivity index (χ4n) is 12.3. The summed E-state index contributed by atoms with van der Waals surface area (Å²) >= 11 is 0. The van der Waals surface area contributed by atoms with E-state index in [1.165, 1.54) is 225 Å². The molecule has 0 aromatic rings. The van der Waals surface area contributed by atoms with Crippen LogP contribution in [0.25, 0.3) is 0 Å². The van der Waals surface area contributed by atoms with Gasteiger partial charge in [-0.1, -0.05) is 363 Å². The zero-order valence-electron chi connectivity index (χ0n) is 65.0. The molecular weight excluding hydrogens is 1290 g/mol. The fraction of sp³-hybridized carbons (Fsp3) is 0.950. The maximum absolute atomic E-state index is 13.1. The molecule has 0 spiro atoms. The normalized spacial score (nSPS) is 14.0. The number of carbonyl (C=O) groups is 4. The first-order valence-electron chi connectivity index (χ1n) is 41.3. The van der Waals surface area contributed by atoms with Gasteiger partial charge in [0.2, 0.25) is 0 Å². The topological polar surface area (TPSA) is 237 Å². The van der Waals surface area contributed by atoms with Crippen LogP contribution in [0.1, 0.15) is 414 Å². The van der Waals surface area contributed by atoms with E-state index in [0.29, 0.717) is 25.7 Å². The first kappa shape index (κ1) is 97.1. The number of aliphatic hydroxyl groups excluding tert-OH is 1. The lowest BCUT2D eigenvalue weighted by atomic mass is 10.0. The number of hydrogen-bond acceptors (Lipinski definition) is 15. The molecule has 3 N–H and O–H groups in total. The Morgan fingerprint density at radius 3 is 0.687 bits per heavy atom. The molecule has 0 amide bonds. The van der Waals surface area contributed by atoms with Gasteiger partial charge >= 0.3 is 39.5 Å². The van der Waals surface area contributed by atoms with Crippen molar-refractivity contribution in [3.63, 3.8) is 0 Å². The SMILES string of the molecule is CCCCCCCCCCCCCCCCCC(=O)OC[C@H](COP(=O)(O)OC[C@@H](O)COP(=O)(O)OC[C@@H](COC(=O)CCCCCCCCCCC(C)C)OC(=O)CCCCCCCCCCCC(C)C)OC(=O)CCCCCCCCCCCCCCCCCCCCC(C)C. The molecule has 0 saturated heterocycles. The molecule has 0 aromatic heterocycles. The fourth-order valence-corrected chi connectivity index (χ4v) is 13.9. The van der Waals surface area contributed by atoms with Crippen molar-refractivity contribution in [2.45, 2.75) is 433 Å². The zero-order valence-corrected chi connectivity index (χ0v) is 66.8. The molecule has 0 fully saturated rings. The van der Waals surface area contributed by atoms with Crippen LogP contribution in [0.15, 0.2) is 0 Å². The van der Waals surface area contributed by atoms with Gasteiger partial charge in [-0.2, -0.15) is 0 Å². The van der Waals surface area contributed by atoms with Crippen LogP contribution >= 0.6 is 15.6 Å². The van der Waals surface area contributed by atoms with E-state index in [0.717, 1.165) is 108 Å². The second-order valence-corrected chi connectivity index (χ2v) is 33.1. The van der Waals surface area contributed by atoms with Crippen LogP contribution < -0.4 is 0 Å². The third-order valence-corrected chi connectivity index (χ3v) is 20.5. The van der Waals surface area contributed by atoms with E-state index in [1.807, 2.05) is 0 Å². The summed E-state index contributed by atoms with van der Waals surface area (Å²) < 4.78 is 68.7. The van der Waals surface area contributed by atoms with E-state index >= 15 is 0 Å². The highest BCUT2D eigenvalue weighted by molar-refractivity contribution is 7.47. The molecule has 0 aliphatic rings. The standard InChI is InChI=1S/C80H156O17P2/c1-8-9-10-11-12-13-14-15-20-24-27-32-40-47-54-61-77(82)90-67-75(96-79(84)63-56-49-42-33-28-25-22-19-17-16-18-21-23-26-30-37-44-51-58-71(2)3)69-94-98(86,87)92-65-74(81)66-93-99(88,89)95-70-76(68-91-78(83)62-55-48-41-36-35-39-46-53-60-73(6)7)97-80(85)64-57-50-43-34-29-31-38-45-52-59-72(4)5/h71-76,81H,8-70H2,1-7H3,(H,86,87)(H,88,89)/t74-,75-,76-/m1/s1. The average Bonchev–Trinajstić information content (AvgIpc) is 0.967. The molecule has 5 atom stereocenters. The molecule has 99 heavy (non-hydrogen) atoms. The number of phosphoric acid groups is 2. The Hall–Kier alpha value is -1.94. The van der Waals surface area contributed by atoms with Crippen LogP contribution in [0.2, 0.25) is 0 Å². The minimum Gasteiger partial charge on any atom is -0.462 e. The number of carbonyl (C=O) groups excluding carboxylic acids is 4. The summed E-state index contributed by atoms with van der Waals surface area (Å²) in [4.78, 5) is 73.0. The van der Waals surface area contributed by atoms with E-state index < -0.39 is 97.5 Å². The molecule has 0 saturated carbocycles. The largest absolute Gasteiger partial charge is 0.472 e. The monoisotopic (exact) mass is 1450 g/mol. The molecule has 0 radical (unpaired) electrons. The van der Waals surface area contributed by atoms with Gasteiger partial charge in [0.15, 0.2) is 12.2 Å². The molecule has 0 bridgehead atoms. The predicted octanol–water partition coefficient (Wildman–Crippen LogP) is 23.7. The average molecular weight is 1450 g/mol. The van der Waals surface area contributed by atoms with Gasteiger partial charge in [0.25, 0.3) is 0 Å². The van der Waals surface area contributed by atoms with Crippen molar-refractivity contribution >= 4 is 39.5 Å². The smallest absolute Gasteiger partial charge is 0.462 e. The molecule has 17 nitrogen and oxygen atoms in total. The van der Waals surface area contributed by atoms with E-state index in [1.54, 1.807) is 0 Å². The van der Waals surface area contributed by atoms with Gasteiger partial charge in [0.05, 0.1) is 26.4 Å². The summed E-state index contributed by atoms with van der Waals surface area (Å²) in [5, 5.41) is 10.6. The Morgan fingerprint density at radius 1 is 0.273 bits per heavy atom. The third kappa shape index (κ3) is 74.1. The Labute approximate surface area is 607 Å². The van der Waals surface area contributed by atoms with Crippen LogP contribution in [0.5, 0.6) is 0 Å². The van der Waals surface area contributed by atoms with Crippen molar-refractivity contribution in [3.05, 3.63) is 0 Å². The van der Waals surface area contributed by atoms with Crippen LogP contribution in [-0.4, -0.2) is 96.7 Å². The Balaban J connectivity index is 5.22. The minimum absolute atomic E-state index is 0.105. The van der Waals surface area contributed by atoms with Crippen LogP contribution in [0.4, 0.5) is 0 Å². The second-order valence-electron chi connectivity index (χ2n) is 30.2. The molecule has 19 heteroatoms. The van der Waals surface area contributed by atoms with E-state index in [2.05, 4.69) is 48.5 Å². The highest BCUT2D eigenvalue weighted by atomic mass is 31.2. The number of ether oxygens (including phenoxy) is 4. The highest BCUT2D eigenvalue weighted by Crippen LogP contribution is 2.45. The van der Waals surface area contributed by atoms with Crippen LogP contribution in [0.3, 0.4) is 0 Å². The third-order valence-electron chi connectivity index (χ3n) is 18.6. The maximum atomic E-state index is 13.1. The van der Waals surface area contributed by atoms with Gasteiger partial charge in [0.1, 0.15) is 19.3 Å². The Morgan fingerprint density at radius 2 is 0.465 bits per heavy atom. The van der Waals surface area contributed by atoms with E-state index in [-0.39, 0.29) is 25.7 Å². The lowest BCUT2D eigenvalue weighted by Crippen LogP contribution is -2.30. The minimum atomic E-state index is -4.96. The lowest BCUT2D eigenvalue weighted by molar-refractivity contribution is -0.161. The summed E-state index contributed by atoms with van der Waals surface area (Å²) in [6.45, 7) is 11.9. The Bertz CT molecular complexity index is 1920. The zero-order chi connectivity index (χ0) is 73.0. The second kappa shape index (κ2) is 70.4. The molecule has 0 aliphatic heterocycles. The van der Waals surface area contributed by atoms with Gasteiger partial charge < -0.3 is 33.8 Å². The van der Waals surface area contributed by atoms with E-state index in [4.69, 9.17) is 37.0 Å². The highest BCUT2D eigenvalue weighted by Gasteiger charge is 2.30. The molecular formula is C80H156O17P2. The number of esters is 4. The predicted molar refractivity (Wildman–Crippen MR) is 405 cm³/mol. The first-order valence-corrected chi connectivity index (χ1v) is 44.3. The number of rotatable bonds is 78. The van der Waals surface area contributed by atoms with Gasteiger partial charge in [-0.3, -0.25) is 37.3 Å². The number of unbranched alkanes of at least 4 members (excludes halogenated alkanes) is 46. The Kier molecular flexibility index (Phi) is 69.0. The van der Waals surface area contributed by atoms with Crippen LogP contribution in [0, 0.1) is 17.8 Å². The molecule has 0 aliphatic carbocycles. The molecule has 0 aromatic carbocycles. The van der Waals surface area contributed by atoms with Crippen molar-refractivity contribution in [2.24, 2.45) is 17.8 Å². The van der Waals surface area contributed by atoms with Gasteiger partial charge in [-0.05, 0) is 43.4 Å². The molecule has 2 unspecified atom stereocenters. The molecule has 0 heterocycles. The van der Waals surface area contributed by atoms with Crippen molar-refractivity contribution in [1.29, 1.82) is 0 Å². The van der Waals surface area contributed by atoms with Gasteiger partial charge in [-0.15, -0.1) is 0 Å². The summed E-state index contributed by atoms with van der Waals surface area (Å²) in [6, 6.07) is 0. The van der Waals surface area contributed by atoms with Crippen molar-refractivity contribution < 1.29 is 80.2 Å². The summed E-state index contributed by atoms with van der Waals surface area (Å²) in [5.41, 5.74) is 0. The van der Waals surface area contributed by atoms with Crippen molar-refractivity contribution in [3.8, 4) is 0 Å². The molecule has 588 valence electrons. The molecule has 0 rings (SSSR count). The number of phosphoric ester groups is 2. The summed E-state index contributed by atoms with van der Waals surface area (Å²) in [6.07, 6.45) is 58.4. The lowest BCUT2D eigenvalue weighted by Gasteiger charge is -2.21.